The molecule has 1 aromatic rings. The Kier molecular flexibility index (Phi) is 4.76. The standard InChI is InChI=1S/C16H23FN2O/c1-11-6-12(2)9-19(8-11)10-16(20)18-14-5-4-13(3)15(17)7-14/h4-5,7,11-12H,6,8-10H2,1-3H3,(H,18,20)/p+1/t11-,12+. The van der Waals surface area contributed by atoms with E-state index in [9.17, 15) is 9.18 Å². The van der Waals surface area contributed by atoms with Gasteiger partial charge in [0.15, 0.2) is 6.54 Å². The predicted octanol–water partition coefficient (Wildman–Crippen LogP) is 1.63. The van der Waals surface area contributed by atoms with Gasteiger partial charge in [-0.15, -0.1) is 0 Å². The monoisotopic (exact) mass is 279 g/mol. The lowest BCUT2D eigenvalue weighted by Crippen LogP contribution is -3.15. The highest BCUT2D eigenvalue weighted by molar-refractivity contribution is 5.91. The van der Waals surface area contributed by atoms with Gasteiger partial charge in [-0.3, -0.25) is 4.79 Å². The number of amides is 1. The molecule has 0 spiro atoms. The summed E-state index contributed by atoms with van der Waals surface area (Å²) in [5.41, 5.74) is 1.13. The van der Waals surface area contributed by atoms with Crippen molar-refractivity contribution < 1.29 is 14.1 Å². The number of hydrogen-bond acceptors (Lipinski definition) is 1. The minimum atomic E-state index is -0.282. The van der Waals surface area contributed by atoms with Gasteiger partial charge in [0.05, 0.1) is 13.1 Å². The average Bonchev–Trinajstić information content (AvgIpc) is 2.32. The van der Waals surface area contributed by atoms with Crippen LogP contribution in [0.1, 0.15) is 25.8 Å². The summed E-state index contributed by atoms with van der Waals surface area (Å²) >= 11 is 0. The van der Waals surface area contributed by atoms with Gasteiger partial charge >= 0.3 is 0 Å². The molecule has 1 unspecified atom stereocenters. The lowest BCUT2D eigenvalue weighted by Gasteiger charge is -2.31. The summed E-state index contributed by atoms with van der Waals surface area (Å²) in [4.78, 5) is 13.4. The maximum absolute atomic E-state index is 13.4. The molecule has 0 saturated carbocycles. The van der Waals surface area contributed by atoms with Gasteiger partial charge in [-0.2, -0.15) is 0 Å². The predicted molar refractivity (Wildman–Crippen MR) is 78.3 cm³/mol. The van der Waals surface area contributed by atoms with Crippen LogP contribution in [0.3, 0.4) is 0 Å². The van der Waals surface area contributed by atoms with Gasteiger partial charge in [-0.25, -0.2) is 4.39 Å². The molecule has 0 aliphatic carbocycles. The van der Waals surface area contributed by atoms with Crippen molar-refractivity contribution in [2.24, 2.45) is 11.8 Å². The zero-order chi connectivity index (χ0) is 14.7. The Morgan fingerprint density at radius 2 is 2.00 bits per heavy atom. The van der Waals surface area contributed by atoms with Crippen LogP contribution in [0.15, 0.2) is 18.2 Å². The van der Waals surface area contributed by atoms with Crippen molar-refractivity contribution in [1.29, 1.82) is 0 Å². The lowest BCUT2D eigenvalue weighted by molar-refractivity contribution is -0.904. The minimum absolute atomic E-state index is 0.0375. The first-order valence-corrected chi connectivity index (χ1v) is 7.33. The number of aryl methyl sites for hydroxylation is 1. The van der Waals surface area contributed by atoms with Crippen molar-refractivity contribution in [3.63, 3.8) is 0 Å². The SMILES string of the molecule is Cc1ccc(NC(=O)C[NH+]2C[C@H](C)C[C@H](C)C2)cc1F. The average molecular weight is 279 g/mol. The molecule has 20 heavy (non-hydrogen) atoms. The molecule has 110 valence electrons. The van der Waals surface area contributed by atoms with Crippen LogP contribution in [-0.2, 0) is 4.79 Å². The number of hydrogen-bond donors (Lipinski definition) is 2. The number of piperidine rings is 1. The van der Waals surface area contributed by atoms with E-state index in [1.165, 1.54) is 17.4 Å². The van der Waals surface area contributed by atoms with Crippen molar-refractivity contribution in [2.75, 3.05) is 25.0 Å². The summed E-state index contributed by atoms with van der Waals surface area (Å²) in [6, 6.07) is 4.81. The smallest absolute Gasteiger partial charge is 0.279 e. The van der Waals surface area contributed by atoms with Gasteiger partial charge in [0.1, 0.15) is 5.82 Å². The topological polar surface area (TPSA) is 33.5 Å². The third kappa shape index (κ3) is 4.04. The van der Waals surface area contributed by atoms with E-state index in [4.69, 9.17) is 0 Å². The van der Waals surface area contributed by atoms with E-state index in [1.54, 1.807) is 19.1 Å². The number of halogens is 1. The molecule has 0 radical (unpaired) electrons. The Balaban J connectivity index is 1.90. The Morgan fingerprint density at radius 3 is 2.60 bits per heavy atom. The molecule has 1 aromatic carbocycles. The number of likely N-dealkylation sites (tertiary alicyclic amines) is 1. The highest BCUT2D eigenvalue weighted by atomic mass is 19.1. The van der Waals surface area contributed by atoms with Crippen LogP contribution in [-0.4, -0.2) is 25.5 Å². The Labute approximate surface area is 120 Å². The van der Waals surface area contributed by atoms with E-state index in [-0.39, 0.29) is 11.7 Å². The Morgan fingerprint density at radius 1 is 1.35 bits per heavy atom. The van der Waals surface area contributed by atoms with E-state index >= 15 is 0 Å². The second kappa shape index (κ2) is 6.35. The molecule has 2 N–H and O–H groups in total. The molecule has 1 aliphatic heterocycles. The largest absolute Gasteiger partial charge is 0.327 e. The van der Waals surface area contributed by atoms with E-state index < -0.39 is 0 Å². The quantitative estimate of drug-likeness (QED) is 0.866. The molecule has 1 fully saturated rings. The molecule has 1 saturated heterocycles. The lowest BCUT2D eigenvalue weighted by atomic mass is 9.92. The van der Waals surface area contributed by atoms with Gasteiger partial charge < -0.3 is 10.2 Å². The summed E-state index contributed by atoms with van der Waals surface area (Å²) < 4.78 is 13.4. The Bertz CT molecular complexity index is 479. The highest BCUT2D eigenvalue weighted by Crippen LogP contribution is 2.14. The fourth-order valence-corrected chi connectivity index (χ4v) is 3.17. The van der Waals surface area contributed by atoms with E-state index in [0.29, 0.717) is 29.6 Å². The number of rotatable bonds is 3. The van der Waals surface area contributed by atoms with Crippen molar-refractivity contribution in [3.05, 3.63) is 29.6 Å². The van der Waals surface area contributed by atoms with Crippen molar-refractivity contribution in [3.8, 4) is 0 Å². The van der Waals surface area contributed by atoms with Crippen LogP contribution < -0.4 is 10.2 Å². The normalized spacial score (nSPS) is 26.3. The second-order valence-corrected chi connectivity index (χ2v) is 6.29. The van der Waals surface area contributed by atoms with Crippen molar-refractivity contribution in [2.45, 2.75) is 27.2 Å². The van der Waals surface area contributed by atoms with Gasteiger partial charge in [0.2, 0.25) is 0 Å². The first-order chi connectivity index (χ1) is 9.44. The number of nitrogens with one attached hydrogen (secondary N) is 2. The molecule has 3 nitrogen and oxygen atoms in total. The Hall–Kier alpha value is -1.42. The molecule has 0 bridgehead atoms. The van der Waals surface area contributed by atoms with E-state index in [0.717, 1.165) is 13.1 Å². The third-order valence-corrected chi connectivity index (χ3v) is 3.95. The maximum Gasteiger partial charge on any atom is 0.279 e. The molecule has 1 heterocycles. The molecular formula is C16H24FN2O+. The molecule has 3 atom stereocenters. The highest BCUT2D eigenvalue weighted by Gasteiger charge is 2.26. The van der Waals surface area contributed by atoms with Crippen LogP contribution in [0.4, 0.5) is 10.1 Å². The van der Waals surface area contributed by atoms with Crippen LogP contribution in [0.2, 0.25) is 0 Å². The van der Waals surface area contributed by atoms with Gasteiger partial charge in [0, 0.05) is 17.5 Å². The van der Waals surface area contributed by atoms with Gasteiger partial charge in [-0.05, 0) is 31.0 Å². The van der Waals surface area contributed by atoms with Crippen LogP contribution in [0, 0.1) is 24.6 Å². The van der Waals surface area contributed by atoms with E-state index in [2.05, 4.69) is 19.2 Å². The summed E-state index contributed by atoms with van der Waals surface area (Å²) in [7, 11) is 0. The number of anilines is 1. The van der Waals surface area contributed by atoms with Gasteiger partial charge in [-0.1, -0.05) is 19.9 Å². The number of carbonyl (C=O) groups excluding carboxylic acids is 1. The molecule has 0 aromatic heterocycles. The van der Waals surface area contributed by atoms with Crippen LogP contribution in [0.5, 0.6) is 0 Å². The molecule has 4 heteroatoms. The van der Waals surface area contributed by atoms with Crippen LogP contribution in [0.25, 0.3) is 0 Å². The van der Waals surface area contributed by atoms with Gasteiger partial charge in [0.25, 0.3) is 5.91 Å². The third-order valence-electron chi connectivity index (χ3n) is 3.95. The fourth-order valence-electron chi connectivity index (χ4n) is 3.17. The summed E-state index contributed by atoms with van der Waals surface area (Å²) in [5, 5.41) is 2.79. The molecule has 1 aliphatic rings. The zero-order valence-corrected chi connectivity index (χ0v) is 12.5. The maximum atomic E-state index is 13.4. The summed E-state index contributed by atoms with van der Waals surface area (Å²) in [6.07, 6.45) is 1.24. The summed E-state index contributed by atoms with van der Waals surface area (Å²) in [5.74, 6) is 1.01. The first-order valence-electron chi connectivity index (χ1n) is 7.33. The number of benzene rings is 1. The molecular weight excluding hydrogens is 255 g/mol. The van der Waals surface area contributed by atoms with Crippen molar-refractivity contribution in [1.82, 2.24) is 0 Å². The molecule has 1 amide bonds. The van der Waals surface area contributed by atoms with E-state index in [1.807, 2.05) is 0 Å². The number of carbonyl (C=O) groups is 1. The first kappa shape index (κ1) is 15.0. The number of quaternary nitrogens is 1. The molecule has 2 rings (SSSR count). The second-order valence-electron chi connectivity index (χ2n) is 6.29. The zero-order valence-electron chi connectivity index (χ0n) is 12.5. The minimum Gasteiger partial charge on any atom is -0.327 e. The fraction of sp³-hybridized carbons (Fsp3) is 0.562. The summed E-state index contributed by atoms with van der Waals surface area (Å²) in [6.45, 7) is 8.73. The van der Waals surface area contributed by atoms with Crippen LogP contribution >= 0.6 is 0 Å². The van der Waals surface area contributed by atoms with Crippen molar-refractivity contribution >= 4 is 11.6 Å².